The molecule has 0 radical (unpaired) electrons. The summed E-state index contributed by atoms with van der Waals surface area (Å²) < 4.78 is 7.75. The van der Waals surface area contributed by atoms with Crippen LogP contribution in [0.25, 0.3) is 0 Å². The van der Waals surface area contributed by atoms with Gasteiger partial charge in [0.2, 0.25) is 5.95 Å². The van der Waals surface area contributed by atoms with Gasteiger partial charge >= 0.3 is 0 Å². The number of hydrogen-bond donors (Lipinski definition) is 1. The van der Waals surface area contributed by atoms with Gasteiger partial charge in [-0.3, -0.25) is 0 Å². The molecule has 0 aliphatic carbocycles. The zero-order chi connectivity index (χ0) is 13.9. The van der Waals surface area contributed by atoms with Crippen LogP contribution in [0.15, 0.2) is 36.5 Å². The quantitative estimate of drug-likeness (QED) is 0.924. The SMILES string of the molecule is Cc1cn(C(C)C2CCOC2)c(Nc2ccccc2)n1. The zero-order valence-electron chi connectivity index (χ0n) is 12.0. The topological polar surface area (TPSA) is 39.1 Å². The van der Waals surface area contributed by atoms with E-state index in [0.29, 0.717) is 12.0 Å². The first-order valence-corrected chi connectivity index (χ1v) is 7.19. The molecule has 1 saturated heterocycles. The van der Waals surface area contributed by atoms with Gasteiger partial charge in [0.05, 0.1) is 12.3 Å². The molecule has 0 spiro atoms. The Labute approximate surface area is 119 Å². The molecule has 1 aliphatic heterocycles. The number of imidazole rings is 1. The van der Waals surface area contributed by atoms with Crippen LogP contribution in [0.4, 0.5) is 11.6 Å². The smallest absolute Gasteiger partial charge is 0.207 e. The average Bonchev–Trinajstić information content (AvgIpc) is 3.09. The van der Waals surface area contributed by atoms with E-state index in [1.165, 1.54) is 0 Å². The number of benzene rings is 1. The van der Waals surface area contributed by atoms with Crippen LogP contribution in [0, 0.1) is 12.8 Å². The van der Waals surface area contributed by atoms with Gasteiger partial charge in [-0.1, -0.05) is 18.2 Å². The maximum atomic E-state index is 5.51. The van der Waals surface area contributed by atoms with E-state index in [1.807, 2.05) is 25.1 Å². The van der Waals surface area contributed by atoms with Gasteiger partial charge < -0.3 is 14.6 Å². The highest BCUT2D eigenvalue weighted by atomic mass is 16.5. The van der Waals surface area contributed by atoms with Crippen molar-refractivity contribution in [3.63, 3.8) is 0 Å². The van der Waals surface area contributed by atoms with Crippen molar-refractivity contribution in [3.8, 4) is 0 Å². The fourth-order valence-corrected chi connectivity index (χ4v) is 2.73. The van der Waals surface area contributed by atoms with Crippen molar-refractivity contribution in [3.05, 3.63) is 42.2 Å². The third-order valence-electron chi connectivity index (χ3n) is 3.97. The van der Waals surface area contributed by atoms with Crippen molar-refractivity contribution in [1.29, 1.82) is 0 Å². The molecule has 2 atom stereocenters. The van der Waals surface area contributed by atoms with Gasteiger partial charge in [-0.25, -0.2) is 4.98 Å². The first-order chi connectivity index (χ1) is 9.74. The number of nitrogens with zero attached hydrogens (tertiary/aromatic N) is 2. The molecule has 106 valence electrons. The van der Waals surface area contributed by atoms with Crippen LogP contribution in [-0.4, -0.2) is 22.8 Å². The van der Waals surface area contributed by atoms with Crippen LogP contribution in [0.3, 0.4) is 0 Å². The van der Waals surface area contributed by atoms with Crippen LogP contribution in [0.5, 0.6) is 0 Å². The van der Waals surface area contributed by atoms with E-state index in [1.54, 1.807) is 0 Å². The van der Waals surface area contributed by atoms with E-state index in [-0.39, 0.29) is 0 Å². The Morgan fingerprint density at radius 1 is 1.35 bits per heavy atom. The fourth-order valence-electron chi connectivity index (χ4n) is 2.73. The Morgan fingerprint density at radius 2 is 2.15 bits per heavy atom. The largest absolute Gasteiger partial charge is 0.381 e. The molecule has 1 aromatic carbocycles. The lowest BCUT2D eigenvalue weighted by Gasteiger charge is -2.21. The summed E-state index contributed by atoms with van der Waals surface area (Å²) in [7, 11) is 0. The molecule has 1 aliphatic rings. The molecule has 20 heavy (non-hydrogen) atoms. The van der Waals surface area contributed by atoms with E-state index < -0.39 is 0 Å². The number of hydrogen-bond acceptors (Lipinski definition) is 3. The molecule has 1 N–H and O–H groups in total. The van der Waals surface area contributed by atoms with Gasteiger partial charge in [0.25, 0.3) is 0 Å². The Bertz CT molecular complexity index is 558. The second-order valence-corrected chi connectivity index (χ2v) is 5.47. The minimum absolute atomic E-state index is 0.393. The second-order valence-electron chi connectivity index (χ2n) is 5.47. The van der Waals surface area contributed by atoms with E-state index in [9.17, 15) is 0 Å². The van der Waals surface area contributed by atoms with Crippen molar-refractivity contribution in [2.45, 2.75) is 26.3 Å². The lowest BCUT2D eigenvalue weighted by atomic mass is 10.0. The molecule has 2 heterocycles. The summed E-state index contributed by atoms with van der Waals surface area (Å²) in [6.07, 6.45) is 3.25. The second kappa shape index (κ2) is 5.67. The number of para-hydroxylation sites is 1. The number of rotatable bonds is 4. The van der Waals surface area contributed by atoms with Crippen LogP contribution >= 0.6 is 0 Å². The Morgan fingerprint density at radius 3 is 2.85 bits per heavy atom. The van der Waals surface area contributed by atoms with Gasteiger partial charge in [0, 0.05) is 30.5 Å². The summed E-state index contributed by atoms with van der Waals surface area (Å²) in [5, 5.41) is 3.41. The van der Waals surface area contributed by atoms with E-state index in [4.69, 9.17) is 4.74 Å². The molecular weight excluding hydrogens is 250 g/mol. The molecule has 1 aromatic heterocycles. The maximum absolute atomic E-state index is 5.51. The first-order valence-electron chi connectivity index (χ1n) is 7.19. The summed E-state index contributed by atoms with van der Waals surface area (Å²) in [4.78, 5) is 4.61. The molecule has 0 amide bonds. The number of ether oxygens (including phenoxy) is 1. The van der Waals surface area contributed by atoms with Crippen molar-refractivity contribution in [2.24, 2.45) is 5.92 Å². The van der Waals surface area contributed by atoms with Gasteiger partial charge in [0.1, 0.15) is 0 Å². The molecule has 0 bridgehead atoms. The Kier molecular flexibility index (Phi) is 3.74. The standard InChI is InChI=1S/C16H21N3O/c1-12-10-19(13(2)14-8-9-20-11-14)16(17-12)18-15-6-4-3-5-7-15/h3-7,10,13-14H,8-9,11H2,1-2H3,(H,17,18). The Balaban J connectivity index is 1.84. The van der Waals surface area contributed by atoms with Crippen LogP contribution < -0.4 is 5.32 Å². The molecule has 4 heteroatoms. The molecule has 2 unspecified atom stereocenters. The highest BCUT2D eigenvalue weighted by Crippen LogP contribution is 2.29. The summed E-state index contributed by atoms with van der Waals surface area (Å²) in [6.45, 7) is 6.01. The van der Waals surface area contributed by atoms with Gasteiger partial charge in [-0.2, -0.15) is 0 Å². The minimum Gasteiger partial charge on any atom is -0.381 e. The summed E-state index contributed by atoms with van der Waals surface area (Å²) in [6, 6.07) is 10.6. The molecule has 2 aromatic rings. The lowest BCUT2D eigenvalue weighted by molar-refractivity contribution is 0.175. The highest BCUT2D eigenvalue weighted by Gasteiger charge is 2.25. The predicted octanol–water partition coefficient (Wildman–Crippen LogP) is 3.53. The van der Waals surface area contributed by atoms with Gasteiger partial charge in [0.15, 0.2) is 0 Å². The van der Waals surface area contributed by atoms with Crippen molar-refractivity contribution in [2.75, 3.05) is 18.5 Å². The minimum atomic E-state index is 0.393. The summed E-state index contributed by atoms with van der Waals surface area (Å²) in [5.74, 6) is 1.48. The monoisotopic (exact) mass is 271 g/mol. The van der Waals surface area contributed by atoms with Gasteiger partial charge in [-0.05, 0) is 32.4 Å². The van der Waals surface area contributed by atoms with E-state index >= 15 is 0 Å². The third kappa shape index (κ3) is 2.70. The van der Waals surface area contributed by atoms with Gasteiger partial charge in [-0.15, -0.1) is 0 Å². The maximum Gasteiger partial charge on any atom is 0.207 e. The summed E-state index contributed by atoms with van der Waals surface area (Å²) in [5.41, 5.74) is 2.10. The van der Waals surface area contributed by atoms with Crippen molar-refractivity contribution < 1.29 is 4.74 Å². The Hall–Kier alpha value is -1.81. The molecule has 3 rings (SSSR count). The number of nitrogens with one attached hydrogen (secondary N) is 1. The van der Waals surface area contributed by atoms with Crippen LogP contribution in [-0.2, 0) is 4.74 Å². The summed E-state index contributed by atoms with van der Waals surface area (Å²) >= 11 is 0. The number of aryl methyl sites for hydroxylation is 1. The van der Waals surface area contributed by atoms with Crippen LogP contribution in [0.1, 0.15) is 25.1 Å². The molecule has 4 nitrogen and oxygen atoms in total. The molecular formula is C16H21N3O. The fraction of sp³-hybridized carbons (Fsp3) is 0.438. The average molecular weight is 271 g/mol. The predicted molar refractivity (Wildman–Crippen MR) is 80.3 cm³/mol. The van der Waals surface area contributed by atoms with Crippen LogP contribution in [0.2, 0.25) is 0 Å². The third-order valence-corrected chi connectivity index (χ3v) is 3.97. The molecule has 1 fully saturated rings. The zero-order valence-corrected chi connectivity index (χ0v) is 12.0. The van der Waals surface area contributed by atoms with E-state index in [2.05, 4.69) is 40.1 Å². The van der Waals surface area contributed by atoms with Crippen molar-refractivity contribution in [1.82, 2.24) is 9.55 Å². The first kappa shape index (κ1) is 13.2. The lowest BCUT2D eigenvalue weighted by Crippen LogP contribution is -2.17. The van der Waals surface area contributed by atoms with Crippen molar-refractivity contribution >= 4 is 11.6 Å². The number of aromatic nitrogens is 2. The number of anilines is 2. The van der Waals surface area contributed by atoms with E-state index in [0.717, 1.165) is 37.0 Å². The highest BCUT2D eigenvalue weighted by molar-refractivity contribution is 5.53. The molecule has 0 saturated carbocycles. The normalized spacial score (nSPS) is 20.0.